The summed E-state index contributed by atoms with van der Waals surface area (Å²) in [5.74, 6) is -0.188. The van der Waals surface area contributed by atoms with Crippen molar-refractivity contribution in [1.82, 2.24) is 9.78 Å². The Bertz CT molecular complexity index is 1230. The third kappa shape index (κ3) is 5.17. The second kappa shape index (κ2) is 9.63. The highest BCUT2D eigenvalue weighted by Gasteiger charge is 2.23. The van der Waals surface area contributed by atoms with Crippen LogP contribution in [0.4, 0.5) is 11.4 Å². The van der Waals surface area contributed by atoms with Crippen LogP contribution in [0.1, 0.15) is 40.9 Å². The predicted molar refractivity (Wildman–Crippen MR) is 133 cm³/mol. The van der Waals surface area contributed by atoms with Crippen LogP contribution in [-0.4, -0.2) is 28.1 Å². The van der Waals surface area contributed by atoms with Crippen molar-refractivity contribution in [2.24, 2.45) is 0 Å². The van der Waals surface area contributed by atoms with Crippen molar-refractivity contribution in [1.29, 1.82) is 0 Å². The normalized spacial score (nSPS) is 13.8. The molecule has 33 heavy (non-hydrogen) atoms. The van der Waals surface area contributed by atoms with Crippen LogP contribution in [0.2, 0.25) is 5.02 Å². The Labute approximate surface area is 198 Å². The van der Waals surface area contributed by atoms with Gasteiger partial charge in [-0.15, -0.1) is 0 Å². The molecule has 4 rings (SSSR count). The first-order valence-electron chi connectivity index (χ1n) is 11.0. The van der Waals surface area contributed by atoms with E-state index in [0.29, 0.717) is 35.9 Å². The lowest BCUT2D eigenvalue weighted by atomic mass is 10.1. The summed E-state index contributed by atoms with van der Waals surface area (Å²) in [6.45, 7) is 7.36. The highest BCUT2D eigenvalue weighted by Crippen LogP contribution is 2.31. The van der Waals surface area contributed by atoms with E-state index in [4.69, 9.17) is 11.6 Å². The third-order valence-electron chi connectivity index (χ3n) is 5.87. The summed E-state index contributed by atoms with van der Waals surface area (Å²) in [4.78, 5) is 26.2. The molecule has 7 heteroatoms. The molecular formula is C26H27ClN4O2. The van der Waals surface area contributed by atoms with Crippen molar-refractivity contribution in [2.75, 3.05) is 16.8 Å². The van der Waals surface area contributed by atoms with E-state index < -0.39 is 0 Å². The van der Waals surface area contributed by atoms with Crippen molar-refractivity contribution >= 4 is 40.9 Å². The van der Waals surface area contributed by atoms with E-state index in [-0.39, 0.29) is 11.8 Å². The van der Waals surface area contributed by atoms with Crippen molar-refractivity contribution in [3.63, 3.8) is 0 Å². The number of nitrogens with zero attached hydrogens (tertiary/aromatic N) is 3. The van der Waals surface area contributed by atoms with Crippen LogP contribution < -0.4 is 10.2 Å². The van der Waals surface area contributed by atoms with Gasteiger partial charge in [0, 0.05) is 36.0 Å². The molecule has 0 bridgehead atoms. The van der Waals surface area contributed by atoms with Crippen molar-refractivity contribution in [2.45, 2.75) is 40.2 Å². The molecule has 0 unspecified atom stereocenters. The minimum atomic E-state index is -0.263. The molecule has 1 saturated heterocycles. The quantitative estimate of drug-likeness (QED) is 0.506. The van der Waals surface area contributed by atoms with Gasteiger partial charge in [0.1, 0.15) is 0 Å². The molecule has 6 nitrogen and oxygen atoms in total. The minimum Gasteiger partial charge on any atom is -0.322 e. The van der Waals surface area contributed by atoms with Crippen LogP contribution in [0.3, 0.4) is 0 Å². The van der Waals surface area contributed by atoms with Crippen LogP contribution in [0, 0.1) is 20.8 Å². The molecule has 1 aliphatic rings. The lowest BCUT2D eigenvalue weighted by Crippen LogP contribution is -2.24. The van der Waals surface area contributed by atoms with E-state index in [1.165, 1.54) is 17.2 Å². The number of anilines is 2. The topological polar surface area (TPSA) is 67.2 Å². The fourth-order valence-electron chi connectivity index (χ4n) is 4.02. The van der Waals surface area contributed by atoms with Crippen LogP contribution in [0.15, 0.2) is 48.5 Å². The van der Waals surface area contributed by atoms with Crippen LogP contribution in [0.25, 0.3) is 6.08 Å². The van der Waals surface area contributed by atoms with Gasteiger partial charge >= 0.3 is 0 Å². The number of halogens is 1. The van der Waals surface area contributed by atoms with Crippen LogP contribution >= 0.6 is 11.6 Å². The van der Waals surface area contributed by atoms with Gasteiger partial charge in [-0.1, -0.05) is 41.4 Å². The number of hydrogen-bond donors (Lipinski definition) is 1. The van der Waals surface area contributed by atoms with Gasteiger partial charge in [-0.3, -0.25) is 14.3 Å². The Kier molecular flexibility index (Phi) is 6.65. The fraction of sp³-hybridized carbons (Fsp3) is 0.269. The lowest BCUT2D eigenvalue weighted by molar-refractivity contribution is -0.117. The average Bonchev–Trinajstić information content (AvgIpc) is 3.31. The number of benzene rings is 2. The maximum absolute atomic E-state index is 12.5. The van der Waals surface area contributed by atoms with Gasteiger partial charge < -0.3 is 10.2 Å². The molecular weight excluding hydrogens is 436 g/mol. The second-order valence-electron chi connectivity index (χ2n) is 8.37. The molecule has 1 N–H and O–H groups in total. The molecule has 1 aliphatic heterocycles. The SMILES string of the molecule is Cc1ccc(Cn2nc(C)c(C=CC(=O)Nc3ccc(N4CCCC4=O)c(Cl)c3)c2C)cc1. The molecule has 3 aromatic rings. The van der Waals surface area contributed by atoms with Crippen LogP contribution in [-0.2, 0) is 16.1 Å². The largest absolute Gasteiger partial charge is 0.322 e. The number of aromatic nitrogens is 2. The lowest BCUT2D eigenvalue weighted by Gasteiger charge is -2.17. The standard InChI is InChI=1S/C26H27ClN4O2/c1-17-6-8-20(9-7-17)16-31-19(3)22(18(2)29-31)11-13-25(32)28-21-10-12-24(23(27)15-21)30-14-4-5-26(30)33/h6-13,15H,4-5,14,16H2,1-3H3,(H,28,32). The smallest absolute Gasteiger partial charge is 0.248 e. The zero-order valence-electron chi connectivity index (χ0n) is 19.1. The predicted octanol–water partition coefficient (Wildman–Crippen LogP) is 5.29. The Balaban J connectivity index is 1.43. The number of rotatable bonds is 6. The molecule has 0 atom stereocenters. The van der Waals surface area contributed by atoms with Crippen molar-refractivity contribution in [3.8, 4) is 0 Å². The monoisotopic (exact) mass is 462 g/mol. The molecule has 1 aromatic heterocycles. The van der Waals surface area contributed by atoms with E-state index in [1.54, 1.807) is 29.2 Å². The van der Waals surface area contributed by atoms with Gasteiger partial charge in [-0.05, 0) is 57.0 Å². The highest BCUT2D eigenvalue weighted by atomic mass is 35.5. The Morgan fingerprint density at radius 2 is 1.91 bits per heavy atom. The summed E-state index contributed by atoms with van der Waals surface area (Å²) in [6, 6.07) is 13.6. The number of hydrogen-bond acceptors (Lipinski definition) is 3. The molecule has 2 amide bonds. The number of aryl methyl sites for hydroxylation is 2. The van der Waals surface area contributed by atoms with Gasteiger partial charge in [0.15, 0.2) is 0 Å². The van der Waals surface area contributed by atoms with Gasteiger partial charge in [-0.25, -0.2) is 0 Å². The fourth-order valence-corrected chi connectivity index (χ4v) is 4.30. The molecule has 1 fully saturated rings. The van der Waals surface area contributed by atoms with Crippen LogP contribution in [0.5, 0.6) is 0 Å². The molecule has 0 spiro atoms. The summed E-state index contributed by atoms with van der Waals surface area (Å²) in [7, 11) is 0. The van der Waals surface area contributed by atoms with E-state index in [9.17, 15) is 9.59 Å². The van der Waals surface area contributed by atoms with E-state index in [2.05, 4.69) is 41.6 Å². The molecule has 2 aromatic carbocycles. The summed E-state index contributed by atoms with van der Waals surface area (Å²) in [6.07, 6.45) is 4.66. The summed E-state index contributed by atoms with van der Waals surface area (Å²) >= 11 is 6.38. The number of carbonyl (C=O) groups is 2. The first-order chi connectivity index (χ1) is 15.8. The van der Waals surface area contributed by atoms with Crippen molar-refractivity contribution < 1.29 is 9.59 Å². The Hall–Kier alpha value is -3.38. The molecule has 170 valence electrons. The van der Waals surface area contributed by atoms with Gasteiger partial charge in [0.05, 0.1) is 22.9 Å². The maximum atomic E-state index is 12.5. The number of amides is 2. The Morgan fingerprint density at radius 1 is 1.15 bits per heavy atom. The first kappa shape index (κ1) is 22.8. The second-order valence-corrected chi connectivity index (χ2v) is 8.77. The van der Waals surface area contributed by atoms with E-state index >= 15 is 0 Å². The van der Waals surface area contributed by atoms with Gasteiger partial charge in [0.2, 0.25) is 11.8 Å². The average molecular weight is 463 g/mol. The first-order valence-corrected chi connectivity index (χ1v) is 11.4. The van der Waals surface area contributed by atoms with Crippen molar-refractivity contribution in [3.05, 3.63) is 81.6 Å². The summed E-state index contributed by atoms with van der Waals surface area (Å²) in [5, 5.41) is 7.91. The molecule has 0 saturated carbocycles. The van der Waals surface area contributed by atoms with Gasteiger partial charge in [0.25, 0.3) is 0 Å². The Morgan fingerprint density at radius 3 is 2.58 bits per heavy atom. The zero-order chi connectivity index (χ0) is 23.5. The summed E-state index contributed by atoms with van der Waals surface area (Å²) in [5.41, 5.74) is 6.45. The molecule has 0 radical (unpaired) electrons. The van der Waals surface area contributed by atoms with E-state index in [1.807, 2.05) is 18.5 Å². The third-order valence-corrected chi connectivity index (χ3v) is 6.17. The number of carbonyl (C=O) groups excluding carboxylic acids is 2. The summed E-state index contributed by atoms with van der Waals surface area (Å²) < 4.78 is 1.95. The number of nitrogens with one attached hydrogen (secondary N) is 1. The molecule has 0 aliphatic carbocycles. The molecule has 2 heterocycles. The van der Waals surface area contributed by atoms with Gasteiger partial charge in [-0.2, -0.15) is 5.10 Å². The van der Waals surface area contributed by atoms with E-state index in [0.717, 1.165) is 23.4 Å². The zero-order valence-corrected chi connectivity index (χ0v) is 19.8. The maximum Gasteiger partial charge on any atom is 0.248 e. The highest BCUT2D eigenvalue weighted by molar-refractivity contribution is 6.34. The minimum absolute atomic E-state index is 0.0743.